The highest BCUT2D eigenvalue weighted by Gasteiger charge is 2.23. The van der Waals surface area contributed by atoms with Crippen molar-refractivity contribution in [1.82, 2.24) is 19.4 Å². The molecule has 6 nitrogen and oxygen atoms in total. The molecule has 148 valence electrons. The van der Waals surface area contributed by atoms with Crippen LogP contribution in [-0.4, -0.2) is 58.8 Å². The number of morpholine rings is 1. The second-order valence-electron chi connectivity index (χ2n) is 8.03. The summed E-state index contributed by atoms with van der Waals surface area (Å²) in [5.41, 5.74) is 3.79. The van der Waals surface area contributed by atoms with Gasteiger partial charge in [-0.2, -0.15) is 0 Å². The van der Waals surface area contributed by atoms with Crippen molar-refractivity contribution in [1.29, 1.82) is 0 Å². The quantitative estimate of drug-likeness (QED) is 0.785. The van der Waals surface area contributed by atoms with Crippen LogP contribution in [0.2, 0.25) is 0 Å². The summed E-state index contributed by atoms with van der Waals surface area (Å²) in [5, 5.41) is 4.80. The third-order valence-electron chi connectivity index (χ3n) is 6.32. The van der Waals surface area contributed by atoms with Crippen LogP contribution in [0.3, 0.4) is 0 Å². The van der Waals surface area contributed by atoms with Gasteiger partial charge in [0.15, 0.2) is 0 Å². The average molecular weight is 372 g/mol. The number of aryl methyl sites for hydroxylation is 1. The van der Waals surface area contributed by atoms with Crippen LogP contribution in [0.15, 0.2) is 6.33 Å². The molecule has 1 saturated carbocycles. The molecule has 0 unspecified atom stereocenters. The normalized spacial score (nSPS) is 19.6. The fourth-order valence-electron chi connectivity index (χ4n) is 4.68. The molecule has 0 aromatic carbocycles. The zero-order chi connectivity index (χ0) is 18.6. The summed E-state index contributed by atoms with van der Waals surface area (Å²) < 4.78 is 7.91. The number of aromatic nitrogens is 3. The summed E-state index contributed by atoms with van der Waals surface area (Å²) in [4.78, 5) is 11.8. The molecule has 2 aromatic heterocycles. The van der Waals surface area contributed by atoms with Gasteiger partial charge in [0.05, 0.1) is 18.6 Å². The summed E-state index contributed by atoms with van der Waals surface area (Å²) >= 11 is 0. The molecule has 1 aliphatic carbocycles. The van der Waals surface area contributed by atoms with Gasteiger partial charge in [-0.15, -0.1) is 0 Å². The van der Waals surface area contributed by atoms with Crippen molar-refractivity contribution in [3.63, 3.8) is 0 Å². The number of nitrogens with one attached hydrogen (secondary N) is 1. The maximum atomic E-state index is 5.42. The van der Waals surface area contributed by atoms with E-state index in [4.69, 9.17) is 9.72 Å². The molecular formula is C21H33N5O. The van der Waals surface area contributed by atoms with Crippen molar-refractivity contribution < 1.29 is 4.74 Å². The number of fused-ring (bicyclic) bond motifs is 1. The van der Waals surface area contributed by atoms with Gasteiger partial charge in [-0.1, -0.05) is 19.3 Å². The van der Waals surface area contributed by atoms with Crippen molar-refractivity contribution in [3.8, 4) is 0 Å². The van der Waals surface area contributed by atoms with Gasteiger partial charge in [0, 0.05) is 31.4 Å². The molecule has 1 saturated heterocycles. The van der Waals surface area contributed by atoms with Gasteiger partial charge in [-0.3, -0.25) is 4.90 Å². The minimum atomic E-state index is 0.596. The number of anilines is 1. The van der Waals surface area contributed by atoms with Gasteiger partial charge >= 0.3 is 0 Å². The fraction of sp³-hybridized carbons (Fsp3) is 0.714. The number of ether oxygens (including phenoxy) is 1. The third-order valence-corrected chi connectivity index (χ3v) is 6.32. The highest BCUT2D eigenvalue weighted by molar-refractivity contribution is 5.92. The van der Waals surface area contributed by atoms with E-state index in [0.717, 1.165) is 57.3 Å². The molecule has 0 atom stereocenters. The van der Waals surface area contributed by atoms with Crippen LogP contribution in [0.25, 0.3) is 11.0 Å². The molecule has 0 radical (unpaired) electrons. The Hall–Kier alpha value is -1.66. The highest BCUT2D eigenvalue weighted by Crippen LogP contribution is 2.36. The Labute approximate surface area is 162 Å². The zero-order valence-corrected chi connectivity index (χ0v) is 16.8. The van der Waals surface area contributed by atoms with Crippen molar-refractivity contribution in [2.45, 2.75) is 58.4 Å². The fourth-order valence-corrected chi connectivity index (χ4v) is 4.68. The first-order chi connectivity index (χ1) is 13.3. The summed E-state index contributed by atoms with van der Waals surface area (Å²) in [6.45, 7) is 10.4. The van der Waals surface area contributed by atoms with Crippen LogP contribution in [0, 0.1) is 13.8 Å². The van der Waals surface area contributed by atoms with E-state index in [9.17, 15) is 0 Å². The topological polar surface area (TPSA) is 55.2 Å². The number of rotatable bonds is 6. The minimum Gasteiger partial charge on any atom is -0.379 e. The molecule has 4 rings (SSSR count). The molecule has 0 amide bonds. The Bertz CT molecular complexity index is 760. The minimum absolute atomic E-state index is 0.596. The Kier molecular flexibility index (Phi) is 5.93. The van der Waals surface area contributed by atoms with Crippen LogP contribution < -0.4 is 5.32 Å². The predicted molar refractivity (Wildman–Crippen MR) is 109 cm³/mol. The Morgan fingerprint density at radius 1 is 1.11 bits per heavy atom. The molecule has 1 N–H and O–H groups in total. The standard InChI is InChI=1S/C21H33N5O/c1-16-17(2)26(18-7-4-3-5-8-18)21-19(16)20(23-15-24-21)22-9-6-10-25-11-13-27-14-12-25/h15,18H,3-14H2,1-2H3,(H,22,23,24). The second-order valence-corrected chi connectivity index (χ2v) is 8.03. The first kappa shape index (κ1) is 18.7. The molecule has 2 aromatic rings. The Morgan fingerprint density at radius 2 is 1.89 bits per heavy atom. The van der Waals surface area contributed by atoms with Gasteiger partial charge in [0.1, 0.15) is 17.8 Å². The number of nitrogens with zero attached hydrogens (tertiary/aromatic N) is 4. The van der Waals surface area contributed by atoms with E-state index in [1.165, 1.54) is 48.7 Å². The van der Waals surface area contributed by atoms with E-state index in [-0.39, 0.29) is 0 Å². The molecule has 3 heterocycles. The maximum absolute atomic E-state index is 5.42. The summed E-state index contributed by atoms with van der Waals surface area (Å²) in [6, 6.07) is 0.596. The molecule has 2 fully saturated rings. The maximum Gasteiger partial charge on any atom is 0.146 e. The van der Waals surface area contributed by atoms with Crippen LogP contribution in [0.4, 0.5) is 5.82 Å². The first-order valence-electron chi connectivity index (χ1n) is 10.6. The van der Waals surface area contributed by atoms with Gasteiger partial charge in [0.25, 0.3) is 0 Å². The van der Waals surface area contributed by atoms with E-state index in [2.05, 4.69) is 33.6 Å². The molecule has 2 aliphatic rings. The monoisotopic (exact) mass is 371 g/mol. The molecule has 0 spiro atoms. The predicted octanol–water partition coefficient (Wildman–Crippen LogP) is 3.69. The van der Waals surface area contributed by atoms with Crippen molar-refractivity contribution in [3.05, 3.63) is 17.6 Å². The molecular weight excluding hydrogens is 338 g/mol. The largest absolute Gasteiger partial charge is 0.379 e. The first-order valence-corrected chi connectivity index (χ1v) is 10.6. The van der Waals surface area contributed by atoms with E-state index < -0.39 is 0 Å². The van der Waals surface area contributed by atoms with Crippen LogP contribution in [-0.2, 0) is 4.74 Å². The average Bonchev–Trinajstić information content (AvgIpc) is 2.98. The zero-order valence-electron chi connectivity index (χ0n) is 16.8. The Balaban J connectivity index is 1.48. The lowest BCUT2D eigenvalue weighted by molar-refractivity contribution is 0.0378. The summed E-state index contributed by atoms with van der Waals surface area (Å²) in [7, 11) is 0. The van der Waals surface area contributed by atoms with Crippen LogP contribution in [0.5, 0.6) is 0 Å². The van der Waals surface area contributed by atoms with Gasteiger partial charge in [-0.25, -0.2) is 9.97 Å². The number of hydrogen-bond donors (Lipinski definition) is 1. The van der Waals surface area contributed by atoms with Crippen LogP contribution in [0.1, 0.15) is 55.8 Å². The number of hydrogen-bond acceptors (Lipinski definition) is 5. The summed E-state index contributed by atoms with van der Waals surface area (Å²) in [6.07, 6.45) is 9.43. The highest BCUT2D eigenvalue weighted by atomic mass is 16.5. The van der Waals surface area contributed by atoms with Crippen molar-refractivity contribution >= 4 is 16.9 Å². The van der Waals surface area contributed by atoms with Gasteiger partial charge < -0.3 is 14.6 Å². The lowest BCUT2D eigenvalue weighted by Gasteiger charge is -2.26. The summed E-state index contributed by atoms with van der Waals surface area (Å²) in [5.74, 6) is 0.997. The Morgan fingerprint density at radius 3 is 2.67 bits per heavy atom. The van der Waals surface area contributed by atoms with E-state index in [1.54, 1.807) is 6.33 Å². The molecule has 1 aliphatic heterocycles. The smallest absolute Gasteiger partial charge is 0.146 e. The van der Waals surface area contributed by atoms with Crippen molar-refractivity contribution in [2.24, 2.45) is 0 Å². The van der Waals surface area contributed by atoms with Crippen molar-refractivity contribution in [2.75, 3.05) is 44.7 Å². The van der Waals surface area contributed by atoms with Gasteiger partial charge in [-0.05, 0) is 45.2 Å². The van der Waals surface area contributed by atoms with E-state index in [1.807, 2.05) is 0 Å². The van der Waals surface area contributed by atoms with Crippen LogP contribution >= 0.6 is 0 Å². The lowest BCUT2D eigenvalue weighted by atomic mass is 9.95. The van der Waals surface area contributed by atoms with Gasteiger partial charge in [0.2, 0.25) is 0 Å². The second kappa shape index (κ2) is 8.57. The molecule has 6 heteroatoms. The van der Waals surface area contributed by atoms with E-state index in [0.29, 0.717) is 6.04 Å². The molecule has 27 heavy (non-hydrogen) atoms. The molecule has 0 bridgehead atoms. The van der Waals surface area contributed by atoms with E-state index >= 15 is 0 Å². The third kappa shape index (κ3) is 3.97. The SMILES string of the molecule is Cc1c(C)n(C2CCCCC2)c2ncnc(NCCCN3CCOCC3)c12. The lowest BCUT2D eigenvalue weighted by Crippen LogP contribution is -2.37.